The first-order chi connectivity index (χ1) is 15.8. The van der Waals surface area contributed by atoms with Crippen molar-refractivity contribution in [3.8, 4) is 17.0 Å². The number of halogens is 3. The number of aromatic nitrogens is 3. The van der Waals surface area contributed by atoms with Gasteiger partial charge in [0, 0.05) is 40.8 Å². The van der Waals surface area contributed by atoms with Gasteiger partial charge in [-0.2, -0.15) is 0 Å². The number of aromatic amines is 1. The van der Waals surface area contributed by atoms with Crippen LogP contribution in [0.25, 0.3) is 27.8 Å². The summed E-state index contributed by atoms with van der Waals surface area (Å²) in [7, 11) is 0. The molecule has 0 atom stereocenters. The van der Waals surface area contributed by atoms with Crippen LogP contribution in [0.4, 0.5) is 13.2 Å². The van der Waals surface area contributed by atoms with Crippen molar-refractivity contribution in [2.24, 2.45) is 0 Å². The van der Waals surface area contributed by atoms with Crippen molar-refractivity contribution in [3.05, 3.63) is 100 Å². The van der Waals surface area contributed by atoms with E-state index in [0.29, 0.717) is 17.4 Å². The lowest BCUT2D eigenvalue weighted by atomic mass is 10.1. The van der Waals surface area contributed by atoms with Crippen molar-refractivity contribution < 1.29 is 17.9 Å². The topological polar surface area (TPSA) is 59.4 Å². The third-order valence-corrected chi connectivity index (χ3v) is 5.48. The molecule has 3 heterocycles. The van der Waals surface area contributed by atoms with Gasteiger partial charge >= 0.3 is 6.36 Å². The number of hydrogen-bond acceptors (Lipinski definition) is 3. The quantitative estimate of drug-likeness (QED) is 0.386. The zero-order chi connectivity index (χ0) is 23.2. The van der Waals surface area contributed by atoms with Crippen LogP contribution in [0.1, 0.15) is 16.8 Å². The first-order valence-electron chi connectivity index (χ1n) is 10.2. The highest BCUT2D eigenvalue weighted by atomic mass is 19.4. The zero-order valence-corrected chi connectivity index (χ0v) is 17.5. The molecule has 166 valence electrons. The Morgan fingerprint density at radius 1 is 1.00 bits per heavy atom. The molecule has 0 saturated carbocycles. The minimum Gasteiger partial charge on any atom is -0.406 e. The predicted octanol–water partition coefficient (Wildman–Crippen LogP) is 5.64. The summed E-state index contributed by atoms with van der Waals surface area (Å²) in [6.45, 7) is 1.80. The van der Waals surface area contributed by atoms with Gasteiger partial charge in [0.15, 0.2) is 5.43 Å². The normalized spacial score (nSPS) is 11.9. The highest BCUT2D eigenvalue weighted by Crippen LogP contribution is 2.25. The number of ether oxygens (including phenoxy) is 1. The summed E-state index contributed by atoms with van der Waals surface area (Å²) in [6, 6.07) is 16.9. The Hall–Kier alpha value is -4.07. The maximum atomic E-state index is 12.8. The van der Waals surface area contributed by atoms with E-state index in [1.54, 1.807) is 25.1 Å². The molecule has 1 N–H and O–H groups in total. The minimum absolute atomic E-state index is 0.0104. The van der Waals surface area contributed by atoms with Crippen LogP contribution in [0.15, 0.2) is 77.9 Å². The molecule has 0 bridgehead atoms. The van der Waals surface area contributed by atoms with Gasteiger partial charge in [0.1, 0.15) is 11.4 Å². The van der Waals surface area contributed by atoms with Gasteiger partial charge in [-0.1, -0.05) is 24.3 Å². The minimum atomic E-state index is -4.71. The number of H-pyrrole nitrogens is 1. The van der Waals surface area contributed by atoms with Gasteiger partial charge < -0.3 is 14.1 Å². The molecule has 0 aliphatic heterocycles. The summed E-state index contributed by atoms with van der Waals surface area (Å²) in [4.78, 5) is 20.7. The highest BCUT2D eigenvalue weighted by Gasteiger charge is 2.30. The number of benzene rings is 2. The lowest BCUT2D eigenvalue weighted by molar-refractivity contribution is -0.274. The maximum Gasteiger partial charge on any atom is 0.573 e. The number of nitrogens with zero attached hydrogens (tertiary/aromatic N) is 2. The second-order valence-electron chi connectivity index (χ2n) is 7.78. The van der Waals surface area contributed by atoms with Gasteiger partial charge in [0.05, 0.1) is 11.4 Å². The van der Waals surface area contributed by atoms with Crippen molar-refractivity contribution in [1.82, 2.24) is 14.4 Å². The summed E-state index contributed by atoms with van der Waals surface area (Å²) in [5, 5.41) is 0.649. The second kappa shape index (κ2) is 7.81. The summed E-state index contributed by atoms with van der Waals surface area (Å²) >= 11 is 0. The molecule has 33 heavy (non-hydrogen) atoms. The molecular formula is C25H18F3N3O2. The molecule has 0 saturated heterocycles. The molecule has 3 aromatic heterocycles. The zero-order valence-electron chi connectivity index (χ0n) is 17.5. The molecule has 0 aliphatic carbocycles. The monoisotopic (exact) mass is 449 g/mol. The van der Waals surface area contributed by atoms with E-state index in [-0.39, 0.29) is 11.2 Å². The van der Waals surface area contributed by atoms with Gasteiger partial charge in [-0.3, -0.25) is 4.79 Å². The Labute approximate surface area is 186 Å². The molecule has 8 heteroatoms. The van der Waals surface area contributed by atoms with Crippen molar-refractivity contribution in [1.29, 1.82) is 0 Å². The van der Waals surface area contributed by atoms with E-state index in [1.807, 2.05) is 47.1 Å². The van der Waals surface area contributed by atoms with Gasteiger partial charge in [-0.25, -0.2) is 4.98 Å². The van der Waals surface area contributed by atoms with E-state index in [9.17, 15) is 18.0 Å². The molecular weight excluding hydrogens is 431 g/mol. The van der Waals surface area contributed by atoms with E-state index in [1.165, 1.54) is 12.1 Å². The van der Waals surface area contributed by atoms with Crippen molar-refractivity contribution in [2.75, 3.05) is 0 Å². The molecule has 0 amide bonds. The van der Waals surface area contributed by atoms with Crippen LogP contribution in [-0.2, 0) is 6.42 Å². The van der Waals surface area contributed by atoms with Gasteiger partial charge in [-0.05, 0) is 48.9 Å². The van der Waals surface area contributed by atoms with Crippen LogP contribution in [0.2, 0.25) is 0 Å². The van der Waals surface area contributed by atoms with Crippen LogP contribution < -0.4 is 10.2 Å². The second-order valence-corrected chi connectivity index (χ2v) is 7.78. The average molecular weight is 449 g/mol. The fourth-order valence-corrected chi connectivity index (χ4v) is 3.92. The first-order valence-corrected chi connectivity index (χ1v) is 10.2. The average Bonchev–Trinajstić information content (AvgIpc) is 3.18. The summed E-state index contributed by atoms with van der Waals surface area (Å²) in [5.74, 6) is -0.259. The number of imidazole rings is 1. The first kappa shape index (κ1) is 20.8. The summed E-state index contributed by atoms with van der Waals surface area (Å²) in [5.41, 5.74) is 5.29. The van der Waals surface area contributed by atoms with Crippen molar-refractivity contribution >= 4 is 16.6 Å². The number of para-hydroxylation sites is 1. The van der Waals surface area contributed by atoms with Crippen LogP contribution in [-0.4, -0.2) is 20.7 Å². The molecule has 2 aromatic carbocycles. The maximum absolute atomic E-state index is 12.8. The van der Waals surface area contributed by atoms with Gasteiger partial charge in [0.25, 0.3) is 0 Å². The predicted molar refractivity (Wildman–Crippen MR) is 119 cm³/mol. The Kier molecular flexibility index (Phi) is 4.92. The molecule has 5 aromatic rings. The molecule has 0 radical (unpaired) electrons. The van der Waals surface area contributed by atoms with Crippen LogP contribution in [0.5, 0.6) is 5.75 Å². The lowest BCUT2D eigenvalue weighted by Gasteiger charge is -2.09. The number of fused-ring (bicyclic) bond motifs is 2. The Morgan fingerprint density at radius 2 is 1.76 bits per heavy atom. The number of rotatable bonds is 4. The molecule has 0 spiro atoms. The SMILES string of the molecule is Cc1c(-c2ccc3nc(Cc4ccc(OC(F)(F)F)cc4)cn3c2)[nH]c2ccccc2c1=O. The van der Waals surface area contributed by atoms with E-state index in [0.717, 1.165) is 33.7 Å². The smallest absolute Gasteiger partial charge is 0.406 e. The fraction of sp³-hybridized carbons (Fsp3) is 0.120. The van der Waals surface area contributed by atoms with Crippen molar-refractivity contribution in [3.63, 3.8) is 0 Å². The lowest BCUT2D eigenvalue weighted by Crippen LogP contribution is -2.17. The highest BCUT2D eigenvalue weighted by molar-refractivity contribution is 5.83. The number of hydrogen-bond donors (Lipinski definition) is 1. The Bertz CT molecular complexity index is 1530. The summed E-state index contributed by atoms with van der Waals surface area (Å²) in [6.07, 6.45) is -0.490. The largest absolute Gasteiger partial charge is 0.573 e. The number of pyridine rings is 2. The van der Waals surface area contributed by atoms with Gasteiger partial charge in [0.2, 0.25) is 0 Å². The number of alkyl halides is 3. The number of nitrogens with one attached hydrogen (secondary N) is 1. The molecule has 0 unspecified atom stereocenters. The van der Waals surface area contributed by atoms with E-state index >= 15 is 0 Å². The standard InChI is InChI=1S/C25H18F3N3O2/c1-15-23(30-21-5-3-2-4-20(21)24(15)32)17-8-11-22-29-18(14-31(22)13-17)12-16-6-9-19(10-7-16)33-25(26,27)28/h2-11,13-14H,12H2,1H3,(H,30,32). The third-order valence-electron chi connectivity index (χ3n) is 5.48. The molecule has 0 aliphatic rings. The Morgan fingerprint density at radius 3 is 2.52 bits per heavy atom. The molecule has 5 nitrogen and oxygen atoms in total. The van der Waals surface area contributed by atoms with E-state index in [4.69, 9.17) is 0 Å². The van der Waals surface area contributed by atoms with Gasteiger partial charge in [-0.15, -0.1) is 13.2 Å². The molecule has 0 fully saturated rings. The van der Waals surface area contributed by atoms with Crippen molar-refractivity contribution in [2.45, 2.75) is 19.7 Å². The van der Waals surface area contributed by atoms with E-state index in [2.05, 4.69) is 14.7 Å². The third kappa shape index (κ3) is 4.19. The fourth-order valence-electron chi connectivity index (χ4n) is 3.92. The van der Waals surface area contributed by atoms with E-state index < -0.39 is 6.36 Å². The Balaban J connectivity index is 1.45. The van der Waals surface area contributed by atoms with Crippen LogP contribution in [0, 0.1) is 6.92 Å². The van der Waals surface area contributed by atoms with Crippen LogP contribution in [0.3, 0.4) is 0 Å². The van der Waals surface area contributed by atoms with Crippen LogP contribution >= 0.6 is 0 Å². The molecule has 5 rings (SSSR count). The summed E-state index contributed by atoms with van der Waals surface area (Å²) < 4.78 is 42.8.